The summed E-state index contributed by atoms with van der Waals surface area (Å²) in [7, 11) is 1.88. The van der Waals surface area contributed by atoms with E-state index in [4.69, 9.17) is 23.2 Å². The van der Waals surface area contributed by atoms with Crippen LogP contribution in [0.4, 0.5) is 11.6 Å². The van der Waals surface area contributed by atoms with Gasteiger partial charge in [-0.2, -0.15) is 0 Å². The number of hydrogen-bond donors (Lipinski definition) is 2. The SMILES string of the molecule is CCCNc1nc(NCc2nncn2C)c(Cl)cc1Cl. The van der Waals surface area contributed by atoms with Crippen LogP contribution in [0.1, 0.15) is 19.2 Å². The van der Waals surface area contributed by atoms with Crippen molar-refractivity contribution < 1.29 is 0 Å². The lowest BCUT2D eigenvalue weighted by molar-refractivity contribution is 0.810. The van der Waals surface area contributed by atoms with Crippen LogP contribution in [-0.2, 0) is 13.6 Å². The van der Waals surface area contributed by atoms with Crippen LogP contribution >= 0.6 is 23.2 Å². The molecule has 0 aliphatic carbocycles. The Labute approximate surface area is 127 Å². The normalized spacial score (nSPS) is 10.6. The Morgan fingerprint density at radius 1 is 1.20 bits per heavy atom. The van der Waals surface area contributed by atoms with Crippen LogP contribution in [0.5, 0.6) is 0 Å². The Morgan fingerprint density at radius 2 is 1.90 bits per heavy atom. The topological polar surface area (TPSA) is 67.7 Å². The first-order valence-corrected chi connectivity index (χ1v) is 7.04. The van der Waals surface area contributed by atoms with E-state index in [1.807, 2.05) is 11.6 Å². The van der Waals surface area contributed by atoms with Crippen LogP contribution in [-0.4, -0.2) is 26.3 Å². The second kappa shape index (κ2) is 6.76. The van der Waals surface area contributed by atoms with Gasteiger partial charge in [-0.15, -0.1) is 10.2 Å². The molecule has 0 unspecified atom stereocenters. The van der Waals surface area contributed by atoms with Gasteiger partial charge in [-0.25, -0.2) is 4.98 Å². The third-order valence-electron chi connectivity index (χ3n) is 2.69. The Hall–Kier alpha value is -1.53. The second-order valence-electron chi connectivity index (χ2n) is 4.29. The first kappa shape index (κ1) is 14.9. The van der Waals surface area contributed by atoms with E-state index in [-0.39, 0.29) is 0 Å². The van der Waals surface area contributed by atoms with Gasteiger partial charge in [0.25, 0.3) is 0 Å². The molecule has 6 nitrogen and oxygen atoms in total. The molecule has 2 aromatic heterocycles. The molecule has 0 spiro atoms. The summed E-state index contributed by atoms with van der Waals surface area (Å²) < 4.78 is 1.83. The second-order valence-corrected chi connectivity index (χ2v) is 5.10. The number of aromatic nitrogens is 4. The van der Waals surface area contributed by atoms with Crippen LogP contribution in [0.15, 0.2) is 12.4 Å². The van der Waals surface area contributed by atoms with E-state index in [1.165, 1.54) is 0 Å². The fraction of sp³-hybridized carbons (Fsp3) is 0.417. The van der Waals surface area contributed by atoms with Crippen molar-refractivity contribution in [2.75, 3.05) is 17.2 Å². The molecular weight excluding hydrogens is 299 g/mol. The van der Waals surface area contributed by atoms with Gasteiger partial charge >= 0.3 is 0 Å². The number of halogens is 2. The number of hydrogen-bond acceptors (Lipinski definition) is 5. The molecule has 0 aromatic carbocycles. The molecular formula is C12H16Cl2N6. The molecule has 0 saturated carbocycles. The van der Waals surface area contributed by atoms with Crippen molar-refractivity contribution in [3.63, 3.8) is 0 Å². The predicted molar refractivity (Wildman–Crippen MR) is 81.4 cm³/mol. The van der Waals surface area contributed by atoms with Crippen molar-refractivity contribution in [1.82, 2.24) is 19.7 Å². The van der Waals surface area contributed by atoms with Crippen LogP contribution in [0, 0.1) is 0 Å². The third-order valence-corrected chi connectivity index (χ3v) is 3.27. The van der Waals surface area contributed by atoms with Crippen molar-refractivity contribution in [2.45, 2.75) is 19.9 Å². The maximum absolute atomic E-state index is 6.14. The third kappa shape index (κ3) is 3.52. The highest BCUT2D eigenvalue weighted by atomic mass is 35.5. The summed E-state index contributed by atoms with van der Waals surface area (Å²) in [5.74, 6) is 1.98. The number of nitrogens with one attached hydrogen (secondary N) is 2. The fourth-order valence-electron chi connectivity index (χ4n) is 1.59. The molecule has 0 radical (unpaired) electrons. The van der Waals surface area contributed by atoms with E-state index in [0.717, 1.165) is 18.8 Å². The van der Waals surface area contributed by atoms with Gasteiger partial charge in [0.15, 0.2) is 5.82 Å². The molecule has 2 rings (SSSR count). The molecule has 108 valence electrons. The predicted octanol–water partition coefficient (Wildman–Crippen LogP) is 2.95. The van der Waals surface area contributed by atoms with E-state index in [2.05, 4.69) is 32.7 Å². The number of rotatable bonds is 6. The summed E-state index contributed by atoms with van der Waals surface area (Å²) in [4.78, 5) is 4.39. The number of anilines is 2. The van der Waals surface area contributed by atoms with E-state index in [1.54, 1.807) is 12.4 Å². The van der Waals surface area contributed by atoms with Gasteiger partial charge < -0.3 is 15.2 Å². The minimum absolute atomic E-state index is 0.471. The standard InChI is InChI=1S/C12H16Cl2N6/c1-3-4-15-11-8(13)5-9(14)12(18-11)16-6-10-19-17-7-20(10)2/h5,7H,3-4,6H2,1-2H3,(H2,15,16,18). The van der Waals surface area contributed by atoms with Gasteiger partial charge in [0.1, 0.15) is 18.0 Å². The summed E-state index contributed by atoms with van der Waals surface area (Å²) in [5.41, 5.74) is 0. The molecule has 0 atom stereocenters. The monoisotopic (exact) mass is 314 g/mol. The van der Waals surface area contributed by atoms with Gasteiger partial charge in [0, 0.05) is 13.6 Å². The zero-order chi connectivity index (χ0) is 14.5. The quantitative estimate of drug-likeness (QED) is 0.858. The van der Waals surface area contributed by atoms with Gasteiger partial charge in [0.2, 0.25) is 0 Å². The van der Waals surface area contributed by atoms with Crippen molar-refractivity contribution in [2.24, 2.45) is 7.05 Å². The van der Waals surface area contributed by atoms with E-state index < -0.39 is 0 Å². The Morgan fingerprint density at radius 3 is 2.50 bits per heavy atom. The van der Waals surface area contributed by atoms with Gasteiger partial charge in [-0.05, 0) is 12.5 Å². The molecule has 0 aliphatic rings. The highest BCUT2D eigenvalue weighted by molar-refractivity contribution is 6.37. The van der Waals surface area contributed by atoms with Crippen LogP contribution in [0.25, 0.3) is 0 Å². The Bertz CT molecular complexity index is 583. The molecule has 20 heavy (non-hydrogen) atoms. The largest absolute Gasteiger partial charge is 0.369 e. The van der Waals surface area contributed by atoms with Gasteiger partial charge in [0.05, 0.1) is 16.6 Å². The zero-order valence-electron chi connectivity index (χ0n) is 11.3. The highest BCUT2D eigenvalue weighted by Gasteiger charge is 2.10. The lowest BCUT2D eigenvalue weighted by Crippen LogP contribution is -2.09. The highest BCUT2D eigenvalue weighted by Crippen LogP contribution is 2.29. The smallest absolute Gasteiger partial charge is 0.151 e. The molecule has 0 amide bonds. The molecule has 2 aromatic rings. The molecule has 0 fully saturated rings. The molecule has 2 N–H and O–H groups in total. The van der Waals surface area contributed by atoms with E-state index >= 15 is 0 Å². The van der Waals surface area contributed by atoms with E-state index in [9.17, 15) is 0 Å². The van der Waals surface area contributed by atoms with Crippen molar-refractivity contribution in [1.29, 1.82) is 0 Å². The summed E-state index contributed by atoms with van der Waals surface area (Å²) in [6, 6.07) is 1.67. The zero-order valence-corrected chi connectivity index (χ0v) is 12.8. The average Bonchev–Trinajstić information content (AvgIpc) is 2.82. The maximum atomic E-state index is 6.14. The lowest BCUT2D eigenvalue weighted by atomic mass is 10.4. The van der Waals surface area contributed by atoms with Gasteiger partial charge in [-0.1, -0.05) is 30.1 Å². The fourth-order valence-corrected chi connectivity index (χ4v) is 2.08. The van der Waals surface area contributed by atoms with Crippen LogP contribution in [0.2, 0.25) is 10.0 Å². The van der Waals surface area contributed by atoms with Crippen molar-refractivity contribution >= 4 is 34.8 Å². The number of aryl methyl sites for hydroxylation is 1. The van der Waals surface area contributed by atoms with Crippen molar-refractivity contribution in [3.8, 4) is 0 Å². The molecule has 0 bridgehead atoms. The summed E-state index contributed by atoms with van der Waals surface area (Å²) in [6.07, 6.45) is 2.63. The summed E-state index contributed by atoms with van der Waals surface area (Å²) in [6.45, 7) is 3.36. The Kier molecular flexibility index (Phi) is 5.03. The first-order valence-electron chi connectivity index (χ1n) is 6.28. The lowest BCUT2D eigenvalue weighted by Gasteiger charge is -2.11. The Balaban J connectivity index is 2.12. The minimum atomic E-state index is 0.471. The maximum Gasteiger partial charge on any atom is 0.151 e. The van der Waals surface area contributed by atoms with Gasteiger partial charge in [-0.3, -0.25) is 0 Å². The molecule has 8 heteroatoms. The first-order chi connectivity index (χ1) is 9.61. The van der Waals surface area contributed by atoms with Crippen LogP contribution in [0.3, 0.4) is 0 Å². The summed E-state index contributed by atoms with van der Waals surface area (Å²) >= 11 is 12.2. The van der Waals surface area contributed by atoms with Crippen LogP contribution < -0.4 is 10.6 Å². The number of pyridine rings is 1. The molecule has 0 saturated heterocycles. The van der Waals surface area contributed by atoms with E-state index in [0.29, 0.717) is 28.2 Å². The van der Waals surface area contributed by atoms with Crippen molar-refractivity contribution in [3.05, 3.63) is 28.3 Å². The molecule has 2 heterocycles. The molecule has 0 aliphatic heterocycles. The number of nitrogens with zero attached hydrogens (tertiary/aromatic N) is 4. The minimum Gasteiger partial charge on any atom is -0.369 e. The summed E-state index contributed by atoms with van der Waals surface area (Å²) in [5, 5.41) is 15.1. The average molecular weight is 315 g/mol.